The lowest BCUT2D eigenvalue weighted by Gasteiger charge is -2.11. The van der Waals surface area contributed by atoms with E-state index < -0.39 is 0 Å². The molecule has 0 spiro atoms. The number of Topliss-reactive ketones (excluding diaryl/α,β-unsaturated/α-hetero) is 1. The number of carbonyl (C=O) groups excluding carboxylic acids is 1. The van der Waals surface area contributed by atoms with Gasteiger partial charge in [-0.25, -0.2) is 0 Å². The molecular weight excluding hydrogens is 312 g/mol. The molecule has 0 fully saturated rings. The first kappa shape index (κ1) is 19.3. The van der Waals surface area contributed by atoms with Gasteiger partial charge in [0.2, 0.25) is 0 Å². The average molecular weight is 337 g/mol. The van der Waals surface area contributed by atoms with Gasteiger partial charge in [0.1, 0.15) is 11.5 Å². The minimum absolute atomic E-state index is 0.0881. The molecule has 0 heterocycles. The first-order valence-electron chi connectivity index (χ1n) is 7.83. The molecule has 3 nitrogen and oxygen atoms in total. The molecular formula is C19H25ClO3. The van der Waals surface area contributed by atoms with E-state index in [1.54, 1.807) is 6.92 Å². The number of hydrogen-bond donors (Lipinski definition) is 2. The second-order valence-electron chi connectivity index (χ2n) is 5.93. The van der Waals surface area contributed by atoms with Crippen LogP contribution in [0.3, 0.4) is 0 Å². The monoisotopic (exact) mass is 336 g/mol. The predicted octanol–water partition coefficient (Wildman–Crippen LogP) is 5.58. The largest absolute Gasteiger partial charge is 0.507 e. The number of ketones is 1. The van der Waals surface area contributed by atoms with Crippen molar-refractivity contribution < 1.29 is 15.0 Å². The summed E-state index contributed by atoms with van der Waals surface area (Å²) in [5.41, 5.74) is 2.91. The van der Waals surface area contributed by atoms with Crippen molar-refractivity contribution in [3.8, 4) is 11.5 Å². The van der Waals surface area contributed by atoms with Crippen molar-refractivity contribution in [3.05, 3.63) is 45.5 Å². The minimum Gasteiger partial charge on any atom is -0.507 e. The second-order valence-corrected chi connectivity index (χ2v) is 6.34. The van der Waals surface area contributed by atoms with Gasteiger partial charge >= 0.3 is 0 Å². The highest BCUT2D eigenvalue weighted by atomic mass is 35.5. The molecule has 0 bridgehead atoms. The molecule has 2 N–H and O–H groups in total. The lowest BCUT2D eigenvalue weighted by atomic mass is 9.99. The fraction of sp³-hybridized carbons (Fsp3) is 0.421. The molecule has 1 rings (SSSR count). The number of benzene rings is 1. The Balaban J connectivity index is 3.01. The van der Waals surface area contributed by atoms with Gasteiger partial charge in [0.15, 0.2) is 5.78 Å². The fourth-order valence-corrected chi connectivity index (χ4v) is 2.47. The van der Waals surface area contributed by atoms with Crippen molar-refractivity contribution in [2.45, 2.75) is 53.4 Å². The summed E-state index contributed by atoms with van der Waals surface area (Å²) in [5.74, 6) is -0.535. The van der Waals surface area contributed by atoms with Gasteiger partial charge in [-0.2, -0.15) is 0 Å². The zero-order valence-electron chi connectivity index (χ0n) is 14.2. The first-order valence-corrected chi connectivity index (χ1v) is 8.21. The topological polar surface area (TPSA) is 57.5 Å². The van der Waals surface area contributed by atoms with Crippen molar-refractivity contribution in [1.29, 1.82) is 0 Å². The smallest absolute Gasteiger partial charge is 0.166 e. The molecule has 0 saturated carbocycles. The predicted molar refractivity (Wildman–Crippen MR) is 95.5 cm³/mol. The van der Waals surface area contributed by atoms with Gasteiger partial charge in [0.25, 0.3) is 0 Å². The number of hydrogen-bond acceptors (Lipinski definition) is 3. The Labute approximate surface area is 143 Å². The van der Waals surface area contributed by atoms with Gasteiger partial charge in [-0.15, -0.1) is 0 Å². The van der Waals surface area contributed by atoms with Crippen molar-refractivity contribution in [2.75, 3.05) is 0 Å². The summed E-state index contributed by atoms with van der Waals surface area (Å²) in [6, 6.07) is 1.33. The Hall–Kier alpha value is -1.74. The third-order valence-electron chi connectivity index (χ3n) is 3.69. The van der Waals surface area contributed by atoms with E-state index in [-0.39, 0.29) is 34.3 Å². The standard InChI is InChI=1S/C19H25ClO3/c1-5-17(21)15-11-16(20)19(23)14(18(15)22)10-9-13(4)8-6-7-12(2)3/h7,9,11,22-23H,5-6,8,10H2,1-4H3. The quantitative estimate of drug-likeness (QED) is 0.505. The van der Waals surface area contributed by atoms with E-state index in [0.29, 0.717) is 12.0 Å². The molecule has 0 aliphatic rings. The Morgan fingerprint density at radius 2 is 1.83 bits per heavy atom. The Bertz CT molecular complexity index is 639. The number of halogens is 1. The lowest BCUT2D eigenvalue weighted by molar-refractivity contribution is 0.0985. The summed E-state index contributed by atoms with van der Waals surface area (Å²) in [6.45, 7) is 7.85. The maximum Gasteiger partial charge on any atom is 0.166 e. The molecule has 1 aromatic carbocycles. The summed E-state index contributed by atoms with van der Waals surface area (Å²) in [6.07, 6.45) is 6.59. The van der Waals surface area contributed by atoms with Crippen LogP contribution in [0.25, 0.3) is 0 Å². The Kier molecular flexibility index (Phi) is 7.37. The second kappa shape index (κ2) is 8.78. The summed E-state index contributed by atoms with van der Waals surface area (Å²) < 4.78 is 0. The normalized spacial score (nSPS) is 11.4. The van der Waals surface area contributed by atoms with Crippen LogP contribution in [0.15, 0.2) is 29.4 Å². The van der Waals surface area contributed by atoms with Gasteiger partial charge in [0.05, 0.1) is 10.6 Å². The van der Waals surface area contributed by atoms with Crippen LogP contribution in [0.1, 0.15) is 62.9 Å². The Morgan fingerprint density at radius 1 is 1.17 bits per heavy atom. The number of phenolic OH excluding ortho intramolecular Hbond substituents is 2. The van der Waals surface area contributed by atoms with E-state index in [0.717, 1.165) is 18.4 Å². The van der Waals surface area contributed by atoms with Crippen LogP contribution < -0.4 is 0 Å². The molecule has 4 heteroatoms. The molecule has 0 unspecified atom stereocenters. The van der Waals surface area contributed by atoms with Crippen LogP contribution in [0.2, 0.25) is 5.02 Å². The van der Waals surface area contributed by atoms with Crippen molar-refractivity contribution in [2.24, 2.45) is 0 Å². The van der Waals surface area contributed by atoms with Gasteiger partial charge < -0.3 is 10.2 Å². The minimum atomic E-state index is -0.199. The highest BCUT2D eigenvalue weighted by Crippen LogP contribution is 2.38. The summed E-state index contributed by atoms with van der Waals surface area (Å²) in [4.78, 5) is 11.9. The molecule has 0 amide bonds. The van der Waals surface area contributed by atoms with Crippen molar-refractivity contribution >= 4 is 17.4 Å². The zero-order chi connectivity index (χ0) is 17.6. The first-order chi connectivity index (χ1) is 10.8. The van der Waals surface area contributed by atoms with Gasteiger partial charge in [-0.1, -0.05) is 41.8 Å². The van der Waals surface area contributed by atoms with E-state index in [1.807, 2.05) is 13.0 Å². The number of aromatic hydroxyl groups is 2. The van der Waals surface area contributed by atoms with E-state index in [4.69, 9.17) is 11.6 Å². The van der Waals surface area contributed by atoms with Gasteiger partial charge in [0, 0.05) is 12.0 Å². The Morgan fingerprint density at radius 3 is 2.39 bits per heavy atom. The SMILES string of the molecule is CCC(=O)c1cc(Cl)c(O)c(CC=C(C)CCC=C(C)C)c1O. The maximum atomic E-state index is 11.9. The van der Waals surface area contributed by atoms with E-state index in [1.165, 1.54) is 11.6 Å². The van der Waals surface area contributed by atoms with Crippen LogP contribution in [-0.2, 0) is 6.42 Å². The molecule has 0 radical (unpaired) electrons. The number of rotatable bonds is 7. The summed E-state index contributed by atoms with van der Waals surface area (Å²) in [7, 11) is 0. The molecule has 0 aliphatic heterocycles. The maximum absolute atomic E-state index is 11.9. The molecule has 0 aliphatic carbocycles. The lowest BCUT2D eigenvalue weighted by Crippen LogP contribution is -2.00. The zero-order valence-corrected chi connectivity index (χ0v) is 15.0. The fourth-order valence-electron chi connectivity index (χ4n) is 2.25. The molecule has 0 aromatic heterocycles. The third kappa shape index (κ3) is 5.43. The summed E-state index contributed by atoms with van der Waals surface area (Å²) in [5, 5.41) is 20.4. The van der Waals surface area contributed by atoms with Crippen LogP contribution in [-0.4, -0.2) is 16.0 Å². The van der Waals surface area contributed by atoms with Crippen molar-refractivity contribution in [3.63, 3.8) is 0 Å². The number of phenols is 2. The third-order valence-corrected chi connectivity index (χ3v) is 3.98. The van der Waals surface area contributed by atoms with Crippen LogP contribution >= 0.6 is 11.6 Å². The highest BCUT2D eigenvalue weighted by molar-refractivity contribution is 6.32. The average Bonchev–Trinajstić information content (AvgIpc) is 2.49. The molecule has 1 aromatic rings. The van der Waals surface area contributed by atoms with Crippen LogP contribution in [0.4, 0.5) is 0 Å². The van der Waals surface area contributed by atoms with Crippen molar-refractivity contribution in [1.82, 2.24) is 0 Å². The number of carbonyl (C=O) groups is 1. The highest BCUT2D eigenvalue weighted by Gasteiger charge is 2.19. The van der Waals surface area contributed by atoms with Gasteiger partial charge in [-0.05, 0) is 46.1 Å². The molecule has 126 valence electrons. The molecule has 0 saturated heterocycles. The number of allylic oxidation sites excluding steroid dienone is 4. The molecule has 23 heavy (non-hydrogen) atoms. The van der Waals surface area contributed by atoms with E-state index in [9.17, 15) is 15.0 Å². The molecule has 0 atom stereocenters. The van der Waals surface area contributed by atoms with Gasteiger partial charge in [-0.3, -0.25) is 4.79 Å². The van der Waals surface area contributed by atoms with E-state index >= 15 is 0 Å². The summed E-state index contributed by atoms with van der Waals surface area (Å²) >= 11 is 5.98. The van der Waals surface area contributed by atoms with Crippen LogP contribution in [0.5, 0.6) is 11.5 Å². The van der Waals surface area contributed by atoms with E-state index in [2.05, 4.69) is 19.9 Å². The van der Waals surface area contributed by atoms with Crippen LogP contribution in [0, 0.1) is 0 Å².